The first-order chi connectivity index (χ1) is 8.93. The minimum absolute atomic E-state index is 0.354. The van der Waals surface area contributed by atoms with E-state index in [0.29, 0.717) is 10.6 Å². The van der Waals surface area contributed by atoms with Crippen LogP contribution >= 0.6 is 11.6 Å². The second-order valence-corrected chi connectivity index (χ2v) is 6.68. The third-order valence-corrected chi connectivity index (χ3v) is 4.15. The SMILES string of the molecule is CCCc1nc(Cl)c(C)c(N2CCCC(C)(C)C2)n1. The van der Waals surface area contributed by atoms with Crippen molar-refractivity contribution in [1.82, 2.24) is 9.97 Å². The molecule has 0 aliphatic carbocycles. The van der Waals surface area contributed by atoms with E-state index in [9.17, 15) is 0 Å². The first-order valence-corrected chi connectivity index (χ1v) is 7.59. The van der Waals surface area contributed by atoms with Crippen molar-refractivity contribution in [3.63, 3.8) is 0 Å². The molecule has 0 aromatic carbocycles. The molecule has 0 N–H and O–H groups in total. The molecule has 4 heteroatoms. The molecule has 0 amide bonds. The summed E-state index contributed by atoms with van der Waals surface area (Å²) in [4.78, 5) is 11.5. The van der Waals surface area contributed by atoms with Crippen molar-refractivity contribution in [2.75, 3.05) is 18.0 Å². The Morgan fingerprint density at radius 2 is 2.05 bits per heavy atom. The summed E-state index contributed by atoms with van der Waals surface area (Å²) in [6.45, 7) is 10.9. The van der Waals surface area contributed by atoms with Gasteiger partial charge in [0.1, 0.15) is 16.8 Å². The van der Waals surface area contributed by atoms with Gasteiger partial charge in [-0.1, -0.05) is 32.4 Å². The maximum atomic E-state index is 6.27. The Bertz CT molecular complexity index is 457. The van der Waals surface area contributed by atoms with Gasteiger partial charge in [0.25, 0.3) is 0 Å². The molecule has 1 aliphatic rings. The predicted octanol–water partition coefficient (Wildman–Crippen LogP) is 4.02. The Morgan fingerprint density at radius 1 is 1.32 bits per heavy atom. The van der Waals surface area contributed by atoms with E-state index in [0.717, 1.165) is 43.1 Å². The van der Waals surface area contributed by atoms with Crippen molar-refractivity contribution in [3.05, 3.63) is 16.5 Å². The summed E-state index contributed by atoms with van der Waals surface area (Å²) in [5.74, 6) is 1.91. The number of aryl methyl sites for hydroxylation is 1. The van der Waals surface area contributed by atoms with Gasteiger partial charge in [0.2, 0.25) is 0 Å². The molecule has 106 valence electrons. The molecule has 1 saturated heterocycles. The van der Waals surface area contributed by atoms with Crippen molar-refractivity contribution >= 4 is 17.4 Å². The summed E-state index contributed by atoms with van der Waals surface area (Å²) in [6, 6.07) is 0. The quantitative estimate of drug-likeness (QED) is 0.784. The molecule has 0 unspecified atom stereocenters. The summed E-state index contributed by atoms with van der Waals surface area (Å²) in [6.07, 6.45) is 4.44. The fourth-order valence-corrected chi connectivity index (χ4v) is 2.95. The van der Waals surface area contributed by atoms with Crippen LogP contribution in [0.15, 0.2) is 0 Å². The largest absolute Gasteiger partial charge is 0.356 e. The lowest BCUT2D eigenvalue weighted by Crippen LogP contribution is -2.41. The normalized spacial score (nSPS) is 18.7. The van der Waals surface area contributed by atoms with Crippen LogP contribution < -0.4 is 4.90 Å². The molecule has 0 spiro atoms. The molecule has 1 aromatic heterocycles. The Labute approximate surface area is 121 Å². The van der Waals surface area contributed by atoms with Crippen LogP contribution in [0.5, 0.6) is 0 Å². The van der Waals surface area contributed by atoms with Gasteiger partial charge >= 0.3 is 0 Å². The van der Waals surface area contributed by atoms with Crippen molar-refractivity contribution in [1.29, 1.82) is 0 Å². The highest BCUT2D eigenvalue weighted by Gasteiger charge is 2.28. The lowest BCUT2D eigenvalue weighted by molar-refractivity contribution is 0.291. The lowest BCUT2D eigenvalue weighted by atomic mass is 9.84. The maximum Gasteiger partial charge on any atom is 0.137 e. The van der Waals surface area contributed by atoms with Crippen LogP contribution in [0.25, 0.3) is 0 Å². The Hall–Kier alpha value is -0.830. The number of aromatic nitrogens is 2. The van der Waals surface area contributed by atoms with Gasteiger partial charge in [0.05, 0.1) is 0 Å². The number of halogens is 1. The van der Waals surface area contributed by atoms with Gasteiger partial charge in [-0.2, -0.15) is 0 Å². The number of piperidine rings is 1. The molecular weight excluding hydrogens is 258 g/mol. The molecular formula is C15H24ClN3. The molecule has 3 nitrogen and oxygen atoms in total. The van der Waals surface area contributed by atoms with Gasteiger partial charge < -0.3 is 4.90 Å². The summed E-state index contributed by atoms with van der Waals surface area (Å²) < 4.78 is 0. The second kappa shape index (κ2) is 5.66. The second-order valence-electron chi connectivity index (χ2n) is 6.32. The Morgan fingerprint density at radius 3 is 2.68 bits per heavy atom. The van der Waals surface area contributed by atoms with Crippen molar-refractivity contribution in [3.8, 4) is 0 Å². The van der Waals surface area contributed by atoms with E-state index in [1.165, 1.54) is 12.8 Å². The van der Waals surface area contributed by atoms with E-state index in [1.807, 2.05) is 6.92 Å². The summed E-state index contributed by atoms with van der Waals surface area (Å²) in [5, 5.41) is 0.608. The number of hydrogen-bond acceptors (Lipinski definition) is 3. The predicted molar refractivity (Wildman–Crippen MR) is 81.0 cm³/mol. The van der Waals surface area contributed by atoms with Crippen molar-refractivity contribution in [2.24, 2.45) is 5.41 Å². The highest BCUT2D eigenvalue weighted by molar-refractivity contribution is 6.30. The topological polar surface area (TPSA) is 29.0 Å². The fourth-order valence-electron chi connectivity index (χ4n) is 2.77. The Kier molecular flexibility index (Phi) is 4.34. The average molecular weight is 282 g/mol. The van der Waals surface area contributed by atoms with Gasteiger partial charge in [-0.25, -0.2) is 9.97 Å². The molecule has 0 radical (unpaired) electrons. The molecule has 1 aliphatic heterocycles. The minimum Gasteiger partial charge on any atom is -0.356 e. The number of hydrogen-bond donors (Lipinski definition) is 0. The van der Waals surface area contributed by atoms with Crippen molar-refractivity contribution < 1.29 is 0 Å². The first kappa shape index (κ1) is 14.6. The molecule has 1 aromatic rings. The third kappa shape index (κ3) is 3.38. The van der Waals surface area contributed by atoms with Crippen molar-refractivity contribution in [2.45, 2.75) is 53.4 Å². The first-order valence-electron chi connectivity index (χ1n) is 7.21. The van der Waals surface area contributed by atoms with Gasteiger partial charge in [0, 0.05) is 25.1 Å². The zero-order valence-electron chi connectivity index (χ0n) is 12.5. The van der Waals surface area contributed by atoms with E-state index >= 15 is 0 Å². The molecule has 19 heavy (non-hydrogen) atoms. The highest BCUT2D eigenvalue weighted by atomic mass is 35.5. The monoisotopic (exact) mass is 281 g/mol. The summed E-state index contributed by atoms with van der Waals surface area (Å²) in [7, 11) is 0. The maximum absolute atomic E-state index is 6.27. The average Bonchev–Trinajstić information content (AvgIpc) is 2.32. The minimum atomic E-state index is 0.354. The van der Waals surface area contributed by atoms with E-state index in [-0.39, 0.29) is 0 Å². The lowest BCUT2D eigenvalue weighted by Gasteiger charge is -2.39. The summed E-state index contributed by atoms with van der Waals surface area (Å²) >= 11 is 6.27. The Balaban J connectivity index is 2.32. The molecule has 0 saturated carbocycles. The van der Waals surface area contributed by atoms with Gasteiger partial charge in [0.15, 0.2) is 0 Å². The van der Waals surface area contributed by atoms with Crippen LogP contribution in [0.4, 0.5) is 5.82 Å². The van der Waals surface area contributed by atoms with Crippen LogP contribution in [0.2, 0.25) is 5.15 Å². The zero-order chi connectivity index (χ0) is 14.0. The highest BCUT2D eigenvalue weighted by Crippen LogP contribution is 2.33. The van der Waals surface area contributed by atoms with Gasteiger partial charge in [-0.3, -0.25) is 0 Å². The smallest absolute Gasteiger partial charge is 0.137 e. The number of anilines is 1. The van der Waals surface area contributed by atoms with Crippen LogP contribution in [-0.2, 0) is 6.42 Å². The fraction of sp³-hybridized carbons (Fsp3) is 0.733. The van der Waals surface area contributed by atoms with E-state index in [2.05, 4.69) is 30.7 Å². The number of rotatable bonds is 3. The zero-order valence-corrected chi connectivity index (χ0v) is 13.2. The van der Waals surface area contributed by atoms with Gasteiger partial charge in [-0.05, 0) is 31.6 Å². The molecule has 0 bridgehead atoms. The molecule has 2 heterocycles. The summed E-state index contributed by atoms with van der Waals surface area (Å²) in [5.41, 5.74) is 1.37. The molecule has 2 rings (SSSR count). The van der Waals surface area contributed by atoms with Crippen LogP contribution in [0.1, 0.15) is 51.4 Å². The van der Waals surface area contributed by atoms with Crippen LogP contribution in [0, 0.1) is 12.3 Å². The van der Waals surface area contributed by atoms with E-state index < -0.39 is 0 Å². The van der Waals surface area contributed by atoms with Crippen LogP contribution in [0.3, 0.4) is 0 Å². The van der Waals surface area contributed by atoms with Gasteiger partial charge in [-0.15, -0.1) is 0 Å². The van der Waals surface area contributed by atoms with E-state index in [1.54, 1.807) is 0 Å². The standard InChI is InChI=1S/C15H24ClN3/c1-5-7-12-17-13(16)11(2)14(18-12)19-9-6-8-15(3,4)10-19/h5-10H2,1-4H3. The molecule has 0 atom stereocenters. The van der Waals surface area contributed by atoms with Crippen LogP contribution in [-0.4, -0.2) is 23.1 Å². The van der Waals surface area contributed by atoms with E-state index in [4.69, 9.17) is 16.6 Å². The molecule has 1 fully saturated rings. The number of nitrogens with zero attached hydrogens (tertiary/aromatic N) is 3. The third-order valence-electron chi connectivity index (χ3n) is 3.78.